The van der Waals surface area contributed by atoms with Gasteiger partial charge in [0.2, 0.25) is 5.91 Å². The quantitative estimate of drug-likeness (QED) is 0.743. The summed E-state index contributed by atoms with van der Waals surface area (Å²) in [5.41, 5.74) is 5.27. The van der Waals surface area contributed by atoms with E-state index in [1.54, 1.807) is 4.90 Å². The fraction of sp³-hybridized carbons (Fsp3) is 0.909. The van der Waals surface area contributed by atoms with Crippen LogP contribution in [0.5, 0.6) is 0 Å². The van der Waals surface area contributed by atoms with Gasteiger partial charge in [0.25, 0.3) is 0 Å². The lowest BCUT2D eigenvalue weighted by atomic mass is 10.3. The summed E-state index contributed by atoms with van der Waals surface area (Å²) >= 11 is 0. The van der Waals surface area contributed by atoms with Gasteiger partial charge in [0, 0.05) is 25.7 Å². The molecule has 0 aromatic carbocycles. The molecule has 4 nitrogen and oxygen atoms in total. The van der Waals surface area contributed by atoms with Gasteiger partial charge >= 0.3 is 6.18 Å². The predicted molar refractivity (Wildman–Crippen MR) is 62.0 cm³/mol. The van der Waals surface area contributed by atoms with Gasteiger partial charge in [0.05, 0.1) is 13.1 Å². The summed E-state index contributed by atoms with van der Waals surface area (Å²) in [5.74, 6) is -0.238. The summed E-state index contributed by atoms with van der Waals surface area (Å²) in [6.45, 7) is 1.28. The molecule has 1 aliphatic rings. The van der Waals surface area contributed by atoms with E-state index in [-0.39, 0.29) is 31.6 Å². The zero-order valence-corrected chi connectivity index (χ0v) is 10.5. The molecule has 0 radical (unpaired) electrons. The maximum atomic E-state index is 12.3. The average molecular weight is 267 g/mol. The first-order valence-electron chi connectivity index (χ1n) is 6.16. The summed E-state index contributed by atoms with van der Waals surface area (Å²) in [4.78, 5) is 14.6. The third kappa shape index (κ3) is 5.22. The number of hydrogen-bond donors (Lipinski definition) is 1. The van der Waals surface area contributed by atoms with Crippen LogP contribution in [0, 0.1) is 0 Å². The summed E-state index contributed by atoms with van der Waals surface area (Å²) in [6.07, 6.45) is -2.39. The Labute approximate surface area is 105 Å². The molecule has 0 aliphatic heterocycles. The maximum absolute atomic E-state index is 12.3. The van der Waals surface area contributed by atoms with Gasteiger partial charge in [-0.15, -0.1) is 0 Å². The van der Waals surface area contributed by atoms with Crippen LogP contribution in [0.1, 0.15) is 19.8 Å². The molecule has 18 heavy (non-hydrogen) atoms. The van der Waals surface area contributed by atoms with Crippen LogP contribution in [0.15, 0.2) is 0 Å². The Morgan fingerprint density at radius 3 is 2.39 bits per heavy atom. The Bertz CT molecular complexity index is 279. The molecule has 106 valence electrons. The molecule has 0 aromatic heterocycles. The summed E-state index contributed by atoms with van der Waals surface area (Å²) in [7, 11) is 0. The van der Waals surface area contributed by atoms with Crippen LogP contribution in [0.25, 0.3) is 0 Å². The standard InChI is InChI=1S/C11H20F3N3O/c1-2-17(9-3-4-9)10(18)7-16(6-5-15)8-11(12,13)14/h9H,2-8,15H2,1H3. The van der Waals surface area contributed by atoms with Crippen molar-refractivity contribution in [2.24, 2.45) is 5.73 Å². The Kier molecular flexibility index (Phi) is 5.40. The number of rotatable bonds is 7. The van der Waals surface area contributed by atoms with Gasteiger partial charge in [0.1, 0.15) is 0 Å². The normalized spacial score (nSPS) is 16.1. The SMILES string of the molecule is CCN(C(=O)CN(CCN)CC(F)(F)F)C1CC1. The number of likely N-dealkylation sites (N-methyl/N-ethyl adjacent to an activating group) is 1. The molecular formula is C11H20F3N3O. The topological polar surface area (TPSA) is 49.6 Å². The average Bonchev–Trinajstić information content (AvgIpc) is 3.00. The molecule has 0 aromatic rings. The Morgan fingerprint density at radius 2 is 2.00 bits per heavy atom. The number of nitrogens with zero attached hydrogens (tertiary/aromatic N) is 2. The second kappa shape index (κ2) is 6.38. The molecule has 1 fully saturated rings. The molecule has 0 spiro atoms. The summed E-state index contributed by atoms with van der Waals surface area (Å²) in [5, 5.41) is 0. The van der Waals surface area contributed by atoms with Crippen molar-refractivity contribution in [3.05, 3.63) is 0 Å². The third-order valence-corrected chi connectivity index (χ3v) is 2.86. The number of carbonyl (C=O) groups is 1. The number of amides is 1. The van der Waals surface area contributed by atoms with Crippen molar-refractivity contribution in [1.82, 2.24) is 9.80 Å². The van der Waals surface area contributed by atoms with Crippen molar-refractivity contribution in [3.8, 4) is 0 Å². The van der Waals surface area contributed by atoms with Crippen LogP contribution in [0.3, 0.4) is 0 Å². The minimum absolute atomic E-state index is 0.0769. The van der Waals surface area contributed by atoms with Crippen molar-refractivity contribution < 1.29 is 18.0 Å². The predicted octanol–water partition coefficient (Wildman–Crippen LogP) is 0.820. The van der Waals surface area contributed by atoms with Crippen molar-refractivity contribution in [2.75, 3.05) is 32.7 Å². The van der Waals surface area contributed by atoms with Crippen LogP contribution in [-0.4, -0.2) is 60.6 Å². The van der Waals surface area contributed by atoms with Crippen LogP contribution < -0.4 is 5.73 Å². The van der Waals surface area contributed by atoms with Gasteiger partial charge in [-0.2, -0.15) is 13.2 Å². The van der Waals surface area contributed by atoms with Gasteiger partial charge in [-0.05, 0) is 19.8 Å². The number of nitrogens with two attached hydrogens (primary N) is 1. The van der Waals surface area contributed by atoms with Crippen molar-refractivity contribution >= 4 is 5.91 Å². The summed E-state index contributed by atoms with van der Waals surface area (Å²) < 4.78 is 37.0. The van der Waals surface area contributed by atoms with E-state index in [2.05, 4.69) is 0 Å². The van der Waals surface area contributed by atoms with Gasteiger partial charge in [0.15, 0.2) is 0 Å². The van der Waals surface area contributed by atoms with Crippen molar-refractivity contribution in [1.29, 1.82) is 0 Å². The van der Waals surface area contributed by atoms with E-state index < -0.39 is 12.7 Å². The minimum atomic E-state index is -4.30. The lowest BCUT2D eigenvalue weighted by Crippen LogP contribution is -2.46. The Hall–Kier alpha value is -0.820. The fourth-order valence-corrected chi connectivity index (χ4v) is 1.96. The highest BCUT2D eigenvalue weighted by atomic mass is 19.4. The molecule has 0 saturated heterocycles. The number of alkyl halides is 3. The van der Waals surface area contributed by atoms with Gasteiger partial charge in [-0.25, -0.2) is 0 Å². The molecule has 0 bridgehead atoms. The molecule has 7 heteroatoms. The fourth-order valence-electron chi connectivity index (χ4n) is 1.96. The number of hydrogen-bond acceptors (Lipinski definition) is 3. The second-order valence-electron chi connectivity index (χ2n) is 4.53. The highest BCUT2D eigenvalue weighted by molar-refractivity contribution is 5.78. The van der Waals surface area contributed by atoms with E-state index in [9.17, 15) is 18.0 Å². The Balaban J connectivity index is 2.50. The van der Waals surface area contributed by atoms with Crippen LogP contribution >= 0.6 is 0 Å². The van der Waals surface area contributed by atoms with E-state index in [0.29, 0.717) is 6.54 Å². The van der Waals surface area contributed by atoms with E-state index in [4.69, 9.17) is 5.73 Å². The highest BCUT2D eigenvalue weighted by Crippen LogP contribution is 2.26. The minimum Gasteiger partial charge on any atom is -0.339 e. The Morgan fingerprint density at radius 1 is 1.39 bits per heavy atom. The number of halogens is 3. The first-order valence-corrected chi connectivity index (χ1v) is 6.16. The first kappa shape index (κ1) is 15.2. The molecule has 0 atom stereocenters. The number of carbonyl (C=O) groups excluding carboxylic acids is 1. The smallest absolute Gasteiger partial charge is 0.339 e. The molecule has 1 rings (SSSR count). The van der Waals surface area contributed by atoms with Crippen molar-refractivity contribution in [2.45, 2.75) is 32.0 Å². The largest absolute Gasteiger partial charge is 0.401 e. The summed E-state index contributed by atoms with van der Waals surface area (Å²) in [6, 6.07) is 0.230. The first-order chi connectivity index (χ1) is 8.37. The zero-order chi connectivity index (χ0) is 13.8. The highest BCUT2D eigenvalue weighted by Gasteiger charge is 2.34. The molecule has 1 aliphatic carbocycles. The van der Waals surface area contributed by atoms with Crippen molar-refractivity contribution in [3.63, 3.8) is 0 Å². The lowest BCUT2D eigenvalue weighted by molar-refractivity contribution is -0.151. The molecule has 1 amide bonds. The molecule has 1 saturated carbocycles. The molecule has 0 unspecified atom stereocenters. The van der Waals surface area contributed by atoms with Gasteiger partial charge in [-0.1, -0.05) is 0 Å². The molecule has 0 heterocycles. The maximum Gasteiger partial charge on any atom is 0.401 e. The van der Waals surface area contributed by atoms with E-state index >= 15 is 0 Å². The van der Waals surface area contributed by atoms with Crippen LogP contribution in [-0.2, 0) is 4.79 Å². The van der Waals surface area contributed by atoms with Crippen LogP contribution in [0.2, 0.25) is 0 Å². The van der Waals surface area contributed by atoms with E-state index in [1.807, 2.05) is 6.92 Å². The second-order valence-corrected chi connectivity index (χ2v) is 4.53. The monoisotopic (exact) mass is 267 g/mol. The van der Waals surface area contributed by atoms with E-state index in [1.165, 1.54) is 0 Å². The van der Waals surface area contributed by atoms with Gasteiger partial charge < -0.3 is 10.6 Å². The molecular weight excluding hydrogens is 247 g/mol. The lowest BCUT2D eigenvalue weighted by Gasteiger charge is -2.27. The van der Waals surface area contributed by atoms with Crippen LogP contribution in [0.4, 0.5) is 13.2 Å². The molecule has 2 N–H and O–H groups in total. The van der Waals surface area contributed by atoms with Gasteiger partial charge in [-0.3, -0.25) is 9.69 Å². The third-order valence-electron chi connectivity index (χ3n) is 2.86. The van der Waals surface area contributed by atoms with E-state index in [0.717, 1.165) is 17.7 Å². The zero-order valence-electron chi connectivity index (χ0n) is 10.5.